The van der Waals surface area contributed by atoms with Crippen molar-refractivity contribution in [3.8, 4) is 0 Å². The van der Waals surface area contributed by atoms with Gasteiger partial charge < -0.3 is 15.5 Å². The Morgan fingerprint density at radius 2 is 2.14 bits per heavy atom. The van der Waals surface area contributed by atoms with Crippen molar-refractivity contribution in [2.45, 2.75) is 25.8 Å². The highest BCUT2D eigenvalue weighted by molar-refractivity contribution is 5.86. The first-order valence-corrected chi connectivity index (χ1v) is 7.40. The number of hydrogen-bond acceptors (Lipinski definition) is 3. The molecule has 1 saturated heterocycles. The van der Waals surface area contributed by atoms with Crippen molar-refractivity contribution >= 4 is 17.5 Å². The molecular weight excluding hydrogens is 266 g/mol. The normalized spacial score (nSPS) is 19.5. The Labute approximate surface area is 125 Å². The highest BCUT2D eigenvalue weighted by atomic mass is 16.2. The van der Waals surface area contributed by atoms with Gasteiger partial charge in [0.05, 0.1) is 0 Å². The van der Waals surface area contributed by atoms with Crippen LogP contribution >= 0.6 is 0 Å². The predicted molar refractivity (Wildman–Crippen MR) is 83.1 cm³/mol. The first kappa shape index (κ1) is 15.4. The average Bonchev–Trinajstić information content (AvgIpc) is 2.52. The molecule has 1 aliphatic heterocycles. The largest absolute Gasteiger partial charge is 0.370 e. The molecule has 21 heavy (non-hydrogen) atoms. The summed E-state index contributed by atoms with van der Waals surface area (Å²) in [6.45, 7) is 3.24. The zero-order valence-corrected chi connectivity index (χ0v) is 12.6. The number of carbonyl (C=O) groups excluding carboxylic acids is 2. The summed E-state index contributed by atoms with van der Waals surface area (Å²) in [7, 11) is 2.01. The number of rotatable bonds is 5. The fourth-order valence-electron chi connectivity index (χ4n) is 2.45. The Morgan fingerprint density at radius 3 is 2.81 bits per heavy atom. The number of nitrogens with one attached hydrogen (secondary N) is 2. The van der Waals surface area contributed by atoms with Crippen LogP contribution in [0.25, 0.3) is 0 Å². The molecule has 0 saturated carbocycles. The monoisotopic (exact) mass is 289 g/mol. The highest BCUT2D eigenvalue weighted by Gasteiger charge is 2.25. The number of benzene rings is 1. The van der Waals surface area contributed by atoms with Gasteiger partial charge in [-0.15, -0.1) is 0 Å². The van der Waals surface area contributed by atoms with Crippen LogP contribution in [0.2, 0.25) is 0 Å². The van der Waals surface area contributed by atoms with E-state index < -0.39 is 0 Å². The Kier molecular flexibility index (Phi) is 5.20. The SMILES string of the molecule is C[C@H](CNC(=O)[C@@H]1CCNC(=O)C1)N(C)c1ccccc1. The molecule has 0 spiro atoms. The third-order valence-electron chi connectivity index (χ3n) is 4.01. The molecule has 0 radical (unpaired) electrons. The summed E-state index contributed by atoms with van der Waals surface area (Å²) in [5.74, 6) is -0.234. The molecule has 0 aromatic heterocycles. The quantitative estimate of drug-likeness (QED) is 0.855. The number of para-hydroxylation sites is 1. The molecular formula is C16H23N3O2. The summed E-state index contributed by atoms with van der Waals surface area (Å²) < 4.78 is 0. The summed E-state index contributed by atoms with van der Waals surface area (Å²) in [6.07, 6.45) is 1.02. The molecule has 0 aliphatic carbocycles. The van der Waals surface area contributed by atoms with Crippen molar-refractivity contribution in [2.24, 2.45) is 5.92 Å². The molecule has 0 unspecified atom stereocenters. The summed E-state index contributed by atoms with van der Waals surface area (Å²) in [6, 6.07) is 10.3. The van der Waals surface area contributed by atoms with Crippen LogP contribution in [0.3, 0.4) is 0 Å². The van der Waals surface area contributed by atoms with Crippen LogP contribution in [0.5, 0.6) is 0 Å². The van der Waals surface area contributed by atoms with E-state index in [4.69, 9.17) is 0 Å². The van der Waals surface area contributed by atoms with Crippen LogP contribution < -0.4 is 15.5 Å². The molecule has 1 aliphatic rings. The van der Waals surface area contributed by atoms with Gasteiger partial charge in [-0.2, -0.15) is 0 Å². The first-order chi connectivity index (χ1) is 10.1. The third kappa shape index (κ3) is 4.21. The van der Waals surface area contributed by atoms with Gasteiger partial charge in [0, 0.05) is 44.2 Å². The highest BCUT2D eigenvalue weighted by Crippen LogP contribution is 2.15. The average molecular weight is 289 g/mol. The van der Waals surface area contributed by atoms with Crippen LogP contribution in [0.4, 0.5) is 5.69 Å². The van der Waals surface area contributed by atoms with Crippen LogP contribution in [0, 0.1) is 5.92 Å². The van der Waals surface area contributed by atoms with Crippen molar-refractivity contribution < 1.29 is 9.59 Å². The Hall–Kier alpha value is -2.04. The Morgan fingerprint density at radius 1 is 1.43 bits per heavy atom. The van der Waals surface area contributed by atoms with Crippen LogP contribution in [-0.4, -0.2) is 38.0 Å². The lowest BCUT2D eigenvalue weighted by Crippen LogP contribution is -2.45. The molecule has 1 heterocycles. The molecule has 5 heteroatoms. The minimum absolute atomic E-state index is 0.0156. The fraction of sp³-hybridized carbons (Fsp3) is 0.500. The maximum absolute atomic E-state index is 12.1. The lowest BCUT2D eigenvalue weighted by molar-refractivity contribution is -0.132. The van der Waals surface area contributed by atoms with Gasteiger partial charge in [0.1, 0.15) is 0 Å². The smallest absolute Gasteiger partial charge is 0.223 e. The number of hydrogen-bond donors (Lipinski definition) is 2. The van der Waals surface area contributed by atoms with Crippen molar-refractivity contribution in [3.63, 3.8) is 0 Å². The van der Waals surface area contributed by atoms with E-state index in [2.05, 4.69) is 22.5 Å². The summed E-state index contributed by atoms with van der Waals surface area (Å²) >= 11 is 0. The minimum Gasteiger partial charge on any atom is -0.370 e. The summed E-state index contributed by atoms with van der Waals surface area (Å²) in [5, 5.41) is 5.71. The van der Waals surface area contributed by atoms with E-state index in [1.807, 2.05) is 37.4 Å². The van der Waals surface area contributed by atoms with E-state index in [0.717, 1.165) is 12.1 Å². The second kappa shape index (κ2) is 7.11. The standard InChI is InChI=1S/C16H23N3O2/c1-12(19(2)14-6-4-3-5-7-14)11-18-16(21)13-8-9-17-15(20)10-13/h3-7,12-13H,8-11H2,1-2H3,(H,17,20)(H,18,21)/t12-,13-/m1/s1. The second-order valence-electron chi connectivity index (χ2n) is 5.58. The van der Waals surface area contributed by atoms with Gasteiger partial charge >= 0.3 is 0 Å². The Balaban J connectivity index is 1.82. The van der Waals surface area contributed by atoms with Gasteiger partial charge in [-0.25, -0.2) is 0 Å². The van der Waals surface area contributed by atoms with Crippen molar-refractivity contribution in [1.29, 1.82) is 0 Å². The van der Waals surface area contributed by atoms with E-state index in [0.29, 0.717) is 19.5 Å². The summed E-state index contributed by atoms with van der Waals surface area (Å²) in [4.78, 5) is 25.5. The topological polar surface area (TPSA) is 61.4 Å². The van der Waals surface area contributed by atoms with E-state index in [1.165, 1.54) is 0 Å². The molecule has 1 fully saturated rings. The second-order valence-corrected chi connectivity index (χ2v) is 5.58. The molecule has 2 atom stereocenters. The van der Waals surface area contributed by atoms with Gasteiger partial charge in [-0.3, -0.25) is 9.59 Å². The predicted octanol–water partition coefficient (Wildman–Crippen LogP) is 1.15. The number of nitrogens with zero attached hydrogens (tertiary/aromatic N) is 1. The van der Waals surface area contributed by atoms with E-state index in [-0.39, 0.29) is 23.8 Å². The third-order valence-corrected chi connectivity index (χ3v) is 4.01. The number of carbonyl (C=O) groups is 2. The molecule has 114 valence electrons. The van der Waals surface area contributed by atoms with Gasteiger partial charge in [0.25, 0.3) is 0 Å². The number of anilines is 1. The maximum Gasteiger partial charge on any atom is 0.223 e. The van der Waals surface area contributed by atoms with Gasteiger partial charge in [-0.1, -0.05) is 18.2 Å². The lowest BCUT2D eigenvalue weighted by Gasteiger charge is -2.28. The van der Waals surface area contributed by atoms with Crippen LogP contribution in [-0.2, 0) is 9.59 Å². The van der Waals surface area contributed by atoms with Crippen molar-refractivity contribution in [2.75, 3.05) is 25.0 Å². The number of likely N-dealkylation sites (N-methyl/N-ethyl adjacent to an activating group) is 1. The first-order valence-electron chi connectivity index (χ1n) is 7.40. The van der Waals surface area contributed by atoms with E-state index in [1.54, 1.807) is 0 Å². The molecule has 1 aromatic carbocycles. The van der Waals surface area contributed by atoms with E-state index >= 15 is 0 Å². The minimum atomic E-state index is -0.187. The molecule has 2 amide bonds. The molecule has 2 N–H and O–H groups in total. The fourth-order valence-corrected chi connectivity index (χ4v) is 2.45. The van der Waals surface area contributed by atoms with E-state index in [9.17, 15) is 9.59 Å². The van der Waals surface area contributed by atoms with Gasteiger partial charge in [0.15, 0.2) is 0 Å². The summed E-state index contributed by atoms with van der Waals surface area (Å²) in [5.41, 5.74) is 1.12. The van der Waals surface area contributed by atoms with Crippen molar-refractivity contribution in [3.05, 3.63) is 30.3 Å². The number of amides is 2. The molecule has 2 rings (SSSR count). The van der Waals surface area contributed by atoms with Gasteiger partial charge in [-0.05, 0) is 25.5 Å². The molecule has 0 bridgehead atoms. The van der Waals surface area contributed by atoms with Crippen LogP contribution in [0.1, 0.15) is 19.8 Å². The zero-order valence-electron chi connectivity index (χ0n) is 12.6. The van der Waals surface area contributed by atoms with Crippen LogP contribution in [0.15, 0.2) is 30.3 Å². The lowest BCUT2D eigenvalue weighted by atomic mass is 9.96. The number of piperidine rings is 1. The van der Waals surface area contributed by atoms with Crippen molar-refractivity contribution in [1.82, 2.24) is 10.6 Å². The molecule has 1 aromatic rings. The van der Waals surface area contributed by atoms with Gasteiger partial charge in [0.2, 0.25) is 11.8 Å². The Bertz CT molecular complexity index is 490. The zero-order chi connectivity index (χ0) is 15.2. The maximum atomic E-state index is 12.1. The molecule has 5 nitrogen and oxygen atoms in total.